The first-order chi connectivity index (χ1) is 21.6. The van der Waals surface area contributed by atoms with E-state index in [0.717, 1.165) is 11.1 Å². The summed E-state index contributed by atoms with van der Waals surface area (Å²) >= 11 is 0. The molecule has 5 rings (SSSR count). The predicted octanol–water partition coefficient (Wildman–Crippen LogP) is 2.29. The fourth-order valence-corrected chi connectivity index (χ4v) is 6.18. The number of nitrogens with zero attached hydrogens (tertiary/aromatic N) is 3. The van der Waals surface area contributed by atoms with Gasteiger partial charge in [0.15, 0.2) is 11.5 Å². The van der Waals surface area contributed by atoms with Crippen molar-refractivity contribution in [1.82, 2.24) is 19.6 Å². The number of anilines is 2. The summed E-state index contributed by atoms with van der Waals surface area (Å²) in [5.74, 6) is -1.21. The lowest BCUT2D eigenvalue weighted by Gasteiger charge is -2.22. The van der Waals surface area contributed by atoms with Gasteiger partial charge in [0.05, 0.1) is 48.9 Å². The zero-order chi connectivity index (χ0) is 32.4. The Morgan fingerprint density at radius 2 is 1.82 bits per heavy atom. The number of nitrogens with one attached hydrogen (secondary N) is 2. The zero-order valence-corrected chi connectivity index (χ0v) is 26.1. The second kappa shape index (κ2) is 15.7. The Morgan fingerprint density at radius 3 is 2.53 bits per heavy atom. The van der Waals surface area contributed by atoms with E-state index in [1.54, 1.807) is 18.2 Å². The highest BCUT2D eigenvalue weighted by Crippen LogP contribution is 2.32. The number of fused-ring (bicyclic) bond motifs is 13. The number of aryl methyl sites for hydroxylation is 1. The van der Waals surface area contributed by atoms with E-state index in [9.17, 15) is 18.0 Å². The molecule has 2 aliphatic rings. The quantitative estimate of drug-likeness (QED) is 0.287. The van der Waals surface area contributed by atoms with Gasteiger partial charge in [0.2, 0.25) is 10.0 Å². The van der Waals surface area contributed by atoms with Crippen molar-refractivity contribution >= 4 is 33.4 Å². The van der Waals surface area contributed by atoms with Crippen LogP contribution >= 0.6 is 0 Å². The van der Waals surface area contributed by atoms with Gasteiger partial charge in [-0.15, -0.1) is 0 Å². The number of ether oxygens (including phenoxy) is 3. The number of hydrogen-bond acceptors (Lipinski definition) is 11. The number of nitrogen functional groups attached to an aromatic ring is 1. The maximum atomic E-state index is 13.5. The standard InChI is InChI=1S/C30H38N6O8S/c1-20-16-22(18-32-2)28-24(17-20)35-30(39)27-29(31)33-19-25(34-27)21-5-7-23(8-6-21)45(40,41)36(9-3-4-26(37)38)10-11-42-12-13-43-14-15-44-28/h5-8,16-17,19,32H,3-4,9-15,18H2,1-2H3,(H2,31,33)(H,35,39)(H,37,38). The van der Waals surface area contributed by atoms with Crippen LogP contribution in [0.1, 0.15) is 34.5 Å². The van der Waals surface area contributed by atoms with Crippen LogP contribution in [0.25, 0.3) is 11.3 Å². The summed E-state index contributed by atoms with van der Waals surface area (Å²) in [6.45, 7) is 3.40. The average molecular weight is 643 g/mol. The summed E-state index contributed by atoms with van der Waals surface area (Å²) in [4.78, 5) is 33.1. The smallest absolute Gasteiger partial charge is 0.303 e. The Kier molecular flexibility index (Phi) is 11.8. The van der Waals surface area contributed by atoms with Crippen LogP contribution in [0.4, 0.5) is 11.5 Å². The molecule has 2 aliphatic heterocycles. The van der Waals surface area contributed by atoms with Gasteiger partial charge in [0, 0.05) is 37.2 Å². The highest BCUT2D eigenvalue weighted by atomic mass is 32.2. The van der Waals surface area contributed by atoms with Crippen molar-refractivity contribution in [2.45, 2.75) is 31.2 Å². The molecule has 0 radical (unpaired) electrons. The third-order valence-corrected chi connectivity index (χ3v) is 8.77. The lowest BCUT2D eigenvalue weighted by molar-refractivity contribution is -0.137. The Labute approximate surface area is 262 Å². The lowest BCUT2D eigenvalue weighted by Crippen LogP contribution is -2.35. The molecule has 0 fully saturated rings. The molecule has 0 saturated carbocycles. The first-order valence-electron chi connectivity index (χ1n) is 14.4. The van der Waals surface area contributed by atoms with E-state index in [1.807, 2.05) is 20.0 Å². The molecule has 0 unspecified atom stereocenters. The number of aliphatic carboxylic acids is 1. The number of nitrogens with two attached hydrogens (primary N) is 1. The Balaban J connectivity index is 1.68. The van der Waals surface area contributed by atoms with Crippen LogP contribution in [0.3, 0.4) is 0 Å². The molecule has 0 aliphatic carbocycles. The molecule has 242 valence electrons. The molecule has 0 atom stereocenters. The maximum absolute atomic E-state index is 13.5. The highest BCUT2D eigenvalue weighted by Gasteiger charge is 2.25. The molecule has 4 bridgehead atoms. The monoisotopic (exact) mass is 642 g/mol. The number of aromatic nitrogens is 2. The number of rotatable bonds is 6. The molecule has 1 aromatic heterocycles. The molecule has 2 aromatic carbocycles. The minimum Gasteiger partial charge on any atom is -0.489 e. The van der Waals surface area contributed by atoms with Crippen molar-refractivity contribution < 1.29 is 37.3 Å². The van der Waals surface area contributed by atoms with Crippen LogP contribution in [0, 0.1) is 6.92 Å². The van der Waals surface area contributed by atoms with Crippen LogP contribution in [-0.4, -0.2) is 92.8 Å². The molecular weight excluding hydrogens is 604 g/mol. The van der Waals surface area contributed by atoms with Gasteiger partial charge in [0.1, 0.15) is 12.4 Å². The summed E-state index contributed by atoms with van der Waals surface area (Å²) in [6.07, 6.45) is 1.37. The zero-order valence-electron chi connectivity index (χ0n) is 25.2. The van der Waals surface area contributed by atoms with E-state index in [-0.39, 0.29) is 75.4 Å². The van der Waals surface area contributed by atoms with Crippen LogP contribution in [0.2, 0.25) is 0 Å². The number of benzene rings is 2. The van der Waals surface area contributed by atoms with Gasteiger partial charge in [-0.1, -0.05) is 18.2 Å². The first kappa shape index (κ1) is 33.7. The van der Waals surface area contributed by atoms with Gasteiger partial charge in [-0.3, -0.25) is 9.59 Å². The van der Waals surface area contributed by atoms with Crippen LogP contribution < -0.4 is 21.1 Å². The average Bonchev–Trinajstić information content (AvgIpc) is 3.00. The van der Waals surface area contributed by atoms with Gasteiger partial charge in [-0.25, -0.2) is 18.4 Å². The van der Waals surface area contributed by atoms with Crippen LogP contribution in [-0.2, 0) is 30.8 Å². The van der Waals surface area contributed by atoms with E-state index in [2.05, 4.69) is 20.6 Å². The number of carbonyl (C=O) groups is 2. The summed E-state index contributed by atoms with van der Waals surface area (Å²) in [7, 11) is -2.17. The Morgan fingerprint density at radius 1 is 1.11 bits per heavy atom. The first-order valence-corrected chi connectivity index (χ1v) is 15.9. The van der Waals surface area contributed by atoms with Gasteiger partial charge in [-0.05, 0) is 44.2 Å². The van der Waals surface area contributed by atoms with Crippen LogP contribution in [0.5, 0.6) is 5.75 Å². The summed E-state index contributed by atoms with van der Waals surface area (Å²) in [5, 5.41) is 15.0. The van der Waals surface area contributed by atoms with Gasteiger partial charge >= 0.3 is 5.97 Å². The van der Waals surface area contributed by atoms with E-state index >= 15 is 0 Å². The summed E-state index contributed by atoms with van der Waals surface area (Å²) in [6, 6.07) is 9.71. The number of amides is 1. The molecule has 45 heavy (non-hydrogen) atoms. The molecule has 15 heteroatoms. The van der Waals surface area contributed by atoms with Crippen molar-refractivity contribution in [2.24, 2.45) is 0 Å². The SMILES string of the molecule is CNCc1cc(C)cc2c1OCCOCCOCCN(CCCC(=O)O)S(=O)(=O)c1ccc(cc1)-c1cnc(N)c(n1)C(=O)N2. The number of carbonyl (C=O) groups excluding carboxylic acids is 1. The number of sulfonamides is 1. The normalized spacial score (nSPS) is 16.4. The van der Waals surface area contributed by atoms with Crippen molar-refractivity contribution in [3.05, 3.63) is 59.4 Å². The third kappa shape index (κ3) is 8.95. The fourth-order valence-electron chi connectivity index (χ4n) is 4.72. The molecule has 3 heterocycles. The molecule has 0 saturated heterocycles. The molecule has 14 nitrogen and oxygen atoms in total. The molecule has 0 spiro atoms. The minimum absolute atomic E-state index is 0.00598. The molecule has 1 amide bonds. The van der Waals surface area contributed by atoms with Gasteiger partial charge in [0.25, 0.3) is 5.91 Å². The van der Waals surface area contributed by atoms with Crippen molar-refractivity contribution in [2.75, 3.05) is 64.2 Å². The number of carboxylic acids is 1. The van der Waals surface area contributed by atoms with E-state index < -0.39 is 21.9 Å². The Bertz CT molecular complexity index is 1600. The van der Waals surface area contributed by atoms with Gasteiger partial charge < -0.3 is 35.7 Å². The number of hydrogen-bond donors (Lipinski definition) is 4. The van der Waals surface area contributed by atoms with Gasteiger partial charge in [-0.2, -0.15) is 4.31 Å². The van der Waals surface area contributed by atoms with Crippen molar-refractivity contribution in [1.29, 1.82) is 0 Å². The third-order valence-electron chi connectivity index (χ3n) is 6.86. The molecule has 5 N–H and O–H groups in total. The van der Waals surface area contributed by atoms with E-state index in [4.69, 9.17) is 25.1 Å². The largest absolute Gasteiger partial charge is 0.489 e. The van der Waals surface area contributed by atoms with E-state index in [1.165, 1.54) is 22.6 Å². The predicted molar refractivity (Wildman–Crippen MR) is 167 cm³/mol. The maximum Gasteiger partial charge on any atom is 0.303 e. The fraction of sp³-hybridized carbons (Fsp3) is 0.400. The second-order valence-corrected chi connectivity index (χ2v) is 12.2. The number of carboxylic acid groups (broad SMARTS) is 1. The lowest BCUT2D eigenvalue weighted by atomic mass is 10.1. The highest BCUT2D eigenvalue weighted by molar-refractivity contribution is 7.89. The molecule has 3 aromatic rings. The van der Waals surface area contributed by atoms with E-state index in [0.29, 0.717) is 29.2 Å². The minimum atomic E-state index is -3.98. The topological polar surface area (TPSA) is 195 Å². The second-order valence-electron chi connectivity index (χ2n) is 10.3. The summed E-state index contributed by atoms with van der Waals surface area (Å²) < 4.78 is 45.5. The molecular formula is C30H38N6O8S. The van der Waals surface area contributed by atoms with Crippen molar-refractivity contribution in [3.8, 4) is 17.0 Å². The van der Waals surface area contributed by atoms with Crippen molar-refractivity contribution in [3.63, 3.8) is 0 Å². The van der Waals surface area contributed by atoms with Crippen LogP contribution in [0.15, 0.2) is 47.5 Å². The summed E-state index contributed by atoms with van der Waals surface area (Å²) in [5.41, 5.74) is 8.94. The Hall–Kier alpha value is -4.15.